The first-order valence-electron chi connectivity index (χ1n) is 8.27. The largest absolute Gasteiger partial charge is 0.372 e. The van der Waals surface area contributed by atoms with E-state index in [1.54, 1.807) is 0 Å². The van der Waals surface area contributed by atoms with Crippen LogP contribution in [0, 0.1) is 0 Å². The van der Waals surface area contributed by atoms with Crippen molar-refractivity contribution in [3.05, 3.63) is 53.6 Å². The van der Waals surface area contributed by atoms with Crippen LogP contribution >= 0.6 is 0 Å². The summed E-state index contributed by atoms with van der Waals surface area (Å²) in [6.07, 6.45) is 8.00. The van der Waals surface area contributed by atoms with Crippen LogP contribution in [0.5, 0.6) is 0 Å². The Bertz CT molecular complexity index is 653. The Morgan fingerprint density at radius 3 is 2.48 bits per heavy atom. The summed E-state index contributed by atoms with van der Waals surface area (Å²) in [4.78, 5) is 2.51. The number of hydrogen-bond donors (Lipinski definition) is 0. The van der Waals surface area contributed by atoms with E-state index in [-0.39, 0.29) is 0 Å². The highest BCUT2D eigenvalue weighted by Crippen LogP contribution is 2.39. The quantitative estimate of drug-likeness (QED) is 0.635. The summed E-state index contributed by atoms with van der Waals surface area (Å²) in [6.45, 7) is 0. The van der Waals surface area contributed by atoms with Gasteiger partial charge < -0.3 is 4.90 Å². The first kappa shape index (κ1) is 12.9. The number of rotatable bonds is 2. The molecule has 0 heterocycles. The minimum Gasteiger partial charge on any atom is -0.372 e. The van der Waals surface area contributed by atoms with Crippen molar-refractivity contribution in [1.82, 2.24) is 0 Å². The lowest BCUT2D eigenvalue weighted by molar-refractivity contribution is 0.427. The Morgan fingerprint density at radius 1 is 0.857 bits per heavy atom. The van der Waals surface area contributed by atoms with E-state index < -0.39 is 0 Å². The molecule has 2 aromatic carbocycles. The lowest BCUT2D eigenvalue weighted by atomic mass is 9.94. The van der Waals surface area contributed by atoms with E-state index in [1.807, 2.05) is 0 Å². The van der Waals surface area contributed by atoms with Crippen molar-refractivity contribution in [2.45, 2.75) is 44.6 Å². The average molecular weight is 277 g/mol. The highest BCUT2D eigenvalue weighted by Gasteiger charge is 2.22. The molecule has 1 saturated carbocycles. The van der Waals surface area contributed by atoms with Gasteiger partial charge in [0.25, 0.3) is 0 Å². The topological polar surface area (TPSA) is 3.24 Å². The molecule has 2 aliphatic carbocycles. The van der Waals surface area contributed by atoms with Gasteiger partial charge in [-0.15, -0.1) is 0 Å². The van der Waals surface area contributed by atoms with E-state index in [0.29, 0.717) is 0 Å². The third kappa shape index (κ3) is 2.25. The molecule has 1 nitrogen and oxygen atoms in total. The zero-order valence-corrected chi connectivity index (χ0v) is 12.8. The van der Waals surface area contributed by atoms with Crippen molar-refractivity contribution in [1.29, 1.82) is 0 Å². The molecule has 0 bridgehead atoms. The second kappa shape index (κ2) is 5.22. The van der Waals surface area contributed by atoms with Crippen molar-refractivity contribution in [2.75, 3.05) is 11.9 Å². The molecule has 0 amide bonds. The molecule has 1 heteroatoms. The summed E-state index contributed by atoms with van der Waals surface area (Å²) in [7, 11) is 2.28. The molecule has 0 unspecified atom stereocenters. The molecule has 0 spiro atoms. The van der Waals surface area contributed by atoms with E-state index in [9.17, 15) is 0 Å². The van der Waals surface area contributed by atoms with Crippen molar-refractivity contribution < 1.29 is 0 Å². The van der Waals surface area contributed by atoms with Gasteiger partial charge in [0, 0.05) is 18.8 Å². The third-order valence-electron chi connectivity index (χ3n) is 5.31. The average Bonchev–Trinajstić information content (AvgIpc) is 2.93. The monoisotopic (exact) mass is 277 g/mol. The molecule has 0 aliphatic heterocycles. The van der Waals surface area contributed by atoms with Gasteiger partial charge in [-0.1, -0.05) is 49.6 Å². The third-order valence-corrected chi connectivity index (χ3v) is 5.31. The molecule has 4 rings (SSSR count). The normalized spacial score (nSPS) is 17.4. The first-order chi connectivity index (χ1) is 10.3. The minimum atomic E-state index is 0.730. The molecule has 0 radical (unpaired) electrons. The maximum absolute atomic E-state index is 2.51. The second-order valence-corrected chi connectivity index (χ2v) is 6.58. The Labute approximate surface area is 127 Å². The van der Waals surface area contributed by atoms with E-state index in [0.717, 1.165) is 12.5 Å². The SMILES string of the molecule is CN(c1ccc2c(c1)-c1ccccc1C2)C1CCCCC1. The predicted molar refractivity (Wildman–Crippen MR) is 90.0 cm³/mol. The van der Waals surface area contributed by atoms with Gasteiger partial charge in [0.15, 0.2) is 0 Å². The summed E-state index contributed by atoms with van der Waals surface area (Å²) in [5.74, 6) is 0. The molecular formula is C20H23N. The molecule has 0 saturated heterocycles. The van der Waals surface area contributed by atoms with Crippen molar-refractivity contribution in [3.63, 3.8) is 0 Å². The number of hydrogen-bond acceptors (Lipinski definition) is 1. The van der Waals surface area contributed by atoms with Gasteiger partial charge in [-0.2, -0.15) is 0 Å². The number of anilines is 1. The Kier molecular flexibility index (Phi) is 3.21. The first-order valence-corrected chi connectivity index (χ1v) is 8.27. The van der Waals surface area contributed by atoms with Crippen molar-refractivity contribution in [3.8, 4) is 11.1 Å². The summed E-state index contributed by atoms with van der Waals surface area (Å²) in [5, 5.41) is 0. The molecule has 21 heavy (non-hydrogen) atoms. The van der Waals surface area contributed by atoms with Gasteiger partial charge in [-0.3, -0.25) is 0 Å². The van der Waals surface area contributed by atoms with Crippen molar-refractivity contribution in [2.24, 2.45) is 0 Å². The van der Waals surface area contributed by atoms with E-state index >= 15 is 0 Å². The van der Waals surface area contributed by atoms with Gasteiger partial charge in [-0.25, -0.2) is 0 Å². The number of nitrogens with zero attached hydrogens (tertiary/aromatic N) is 1. The second-order valence-electron chi connectivity index (χ2n) is 6.58. The van der Waals surface area contributed by atoms with Crippen LogP contribution in [-0.4, -0.2) is 13.1 Å². The molecule has 0 N–H and O–H groups in total. The zero-order chi connectivity index (χ0) is 14.2. The van der Waals surface area contributed by atoms with Gasteiger partial charge in [0.05, 0.1) is 0 Å². The van der Waals surface area contributed by atoms with Crippen LogP contribution in [-0.2, 0) is 6.42 Å². The van der Waals surface area contributed by atoms with Crippen LogP contribution in [0.2, 0.25) is 0 Å². The molecule has 2 aliphatic rings. The number of benzene rings is 2. The maximum Gasteiger partial charge on any atom is 0.0372 e. The summed E-state index contributed by atoms with van der Waals surface area (Å²) >= 11 is 0. The molecular weight excluding hydrogens is 254 g/mol. The Morgan fingerprint density at radius 2 is 1.62 bits per heavy atom. The van der Waals surface area contributed by atoms with Crippen LogP contribution in [0.4, 0.5) is 5.69 Å². The maximum atomic E-state index is 2.51. The van der Waals surface area contributed by atoms with Gasteiger partial charge >= 0.3 is 0 Å². The van der Waals surface area contributed by atoms with Crippen LogP contribution in [0.25, 0.3) is 11.1 Å². The van der Waals surface area contributed by atoms with Crippen LogP contribution in [0.15, 0.2) is 42.5 Å². The lowest BCUT2D eigenvalue weighted by Crippen LogP contribution is -2.33. The molecule has 1 fully saturated rings. The highest BCUT2D eigenvalue weighted by atomic mass is 15.1. The summed E-state index contributed by atoms with van der Waals surface area (Å²) in [5.41, 5.74) is 7.23. The summed E-state index contributed by atoms with van der Waals surface area (Å²) < 4.78 is 0. The molecule has 2 aromatic rings. The fraction of sp³-hybridized carbons (Fsp3) is 0.400. The van der Waals surface area contributed by atoms with Gasteiger partial charge in [-0.05, 0) is 53.6 Å². The van der Waals surface area contributed by atoms with Gasteiger partial charge in [0.2, 0.25) is 0 Å². The summed E-state index contributed by atoms with van der Waals surface area (Å²) in [6, 6.07) is 16.6. The van der Waals surface area contributed by atoms with E-state index in [2.05, 4.69) is 54.4 Å². The minimum absolute atomic E-state index is 0.730. The van der Waals surface area contributed by atoms with Crippen molar-refractivity contribution >= 4 is 5.69 Å². The van der Waals surface area contributed by atoms with Crippen LogP contribution in [0.3, 0.4) is 0 Å². The van der Waals surface area contributed by atoms with E-state index in [4.69, 9.17) is 0 Å². The molecule has 0 atom stereocenters. The predicted octanol–water partition coefficient (Wildman–Crippen LogP) is 5.03. The van der Waals surface area contributed by atoms with E-state index in [1.165, 1.54) is 60.0 Å². The molecule has 108 valence electrons. The zero-order valence-electron chi connectivity index (χ0n) is 12.8. The van der Waals surface area contributed by atoms with Gasteiger partial charge in [0.1, 0.15) is 0 Å². The Hall–Kier alpha value is -1.76. The number of fused-ring (bicyclic) bond motifs is 3. The highest BCUT2D eigenvalue weighted by molar-refractivity contribution is 5.79. The fourth-order valence-corrected chi connectivity index (χ4v) is 4.01. The standard InChI is InChI=1S/C20H23N/c1-21(17-8-3-2-4-9-17)18-12-11-16-13-15-7-5-6-10-19(15)20(16)14-18/h5-7,10-12,14,17H,2-4,8-9,13H2,1H3. The molecule has 0 aromatic heterocycles. The lowest BCUT2D eigenvalue weighted by Gasteiger charge is -2.33. The van der Waals surface area contributed by atoms with Crippen LogP contribution < -0.4 is 4.90 Å². The fourth-order valence-electron chi connectivity index (χ4n) is 4.01. The smallest absolute Gasteiger partial charge is 0.0372 e. The Balaban J connectivity index is 1.67. The van der Waals surface area contributed by atoms with Crippen LogP contribution in [0.1, 0.15) is 43.2 Å².